The molecule has 4 rings (SSSR count). The van der Waals surface area contributed by atoms with E-state index >= 15 is 0 Å². The second kappa shape index (κ2) is 7.73. The summed E-state index contributed by atoms with van der Waals surface area (Å²) in [6, 6.07) is 9.50. The van der Waals surface area contributed by atoms with E-state index in [-0.39, 0.29) is 0 Å². The van der Waals surface area contributed by atoms with Crippen LogP contribution in [0.1, 0.15) is 18.4 Å². The summed E-state index contributed by atoms with van der Waals surface area (Å²) < 4.78 is 0. The third-order valence-corrected chi connectivity index (χ3v) is 6.09. The summed E-state index contributed by atoms with van der Waals surface area (Å²) >= 11 is 5.98. The maximum Gasteiger partial charge on any atom is 0.223 e. The van der Waals surface area contributed by atoms with Crippen molar-refractivity contribution in [3.05, 3.63) is 40.9 Å². The fourth-order valence-electron chi connectivity index (χ4n) is 3.95. The van der Waals surface area contributed by atoms with Crippen molar-refractivity contribution in [2.75, 3.05) is 61.8 Å². The van der Waals surface area contributed by atoms with Gasteiger partial charge in [-0.05, 0) is 37.6 Å². The number of aliphatic hydroxyl groups is 1. The first kappa shape index (κ1) is 19.2. The molecule has 1 aromatic heterocycles. The van der Waals surface area contributed by atoms with Crippen LogP contribution in [-0.2, 0) is 5.60 Å². The van der Waals surface area contributed by atoms with E-state index in [1.165, 1.54) is 0 Å². The van der Waals surface area contributed by atoms with Crippen LogP contribution in [0, 0.1) is 0 Å². The molecule has 0 aliphatic carbocycles. The largest absolute Gasteiger partial charge is 0.385 e. The Balaban J connectivity index is 1.48. The summed E-state index contributed by atoms with van der Waals surface area (Å²) in [7, 11) is 2.13. The maximum absolute atomic E-state index is 11.1. The van der Waals surface area contributed by atoms with Crippen molar-refractivity contribution in [2.45, 2.75) is 18.4 Å². The van der Waals surface area contributed by atoms with Gasteiger partial charge < -0.3 is 25.5 Å². The quantitative estimate of drug-likeness (QED) is 0.811. The summed E-state index contributed by atoms with van der Waals surface area (Å²) in [5.74, 6) is 2.01. The molecule has 0 amide bonds. The number of benzene rings is 1. The van der Waals surface area contributed by atoms with Crippen LogP contribution in [0.25, 0.3) is 0 Å². The van der Waals surface area contributed by atoms with Crippen LogP contribution < -0.4 is 15.5 Å². The number of nitrogens with zero attached hydrogens (tertiary/aromatic N) is 5. The van der Waals surface area contributed by atoms with Gasteiger partial charge in [-0.1, -0.05) is 23.7 Å². The minimum atomic E-state index is -0.833. The molecule has 0 saturated carbocycles. The molecule has 0 spiro atoms. The number of likely N-dealkylation sites (N-methyl/N-ethyl adjacent to an activating group) is 1. The minimum Gasteiger partial charge on any atom is -0.385 e. The fourth-order valence-corrected chi connectivity index (χ4v) is 4.08. The first-order chi connectivity index (χ1) is 13.4. The number of nitrogen functional groups attached to an aromatic ring is 1. The predicted octanol–water partition coefficient (Wildman–Crippen LogP) is 1.95. The molecule has 3 N–H and O–H groups in total. The molecule has 2 aromatic rings. The van der Waals surface area contributed by atoms with Crippen LogP contribution in [0.5, 0.6) is 0 Å². The van der Waals surface area contributed by atoms with E-state index in [0.717, 1.165) is 43.4 Å². The van der Waals surface area contributed by atoms with Crippen molar-refractivity contribution in [3.8, 4) is 0 Å². The van der Waals surface area contributed by atoms with Crippen LogP contribution >= 0.6 is 11.6 Å². The first-order valence-corrected chi connectivity index (χ1v) is 10.1. The molecule has 1 aromatic carbocycles. The van der Waals surface area contributed by atoms with Crippen molar-refractivity contribution in [3.63, 3.8) is 0 Å². The van der Waals surface area contributed by atoms with Crippen molar-refractivity contribution >= 4 is 29.2 Å². The van der Waals surface area contributed by atoms with Gasteiger partial charge in [0.2, 0.25) is 5.95 Å². The molecule has 0 radical (unpaired) electrons. The van der Waals surface area contributed by atoms with Gasteiger partial charge in [-0.3, -0.25) is 0 Å². The molecule has 2 fully saturated rings. The molecule has 0 bridgehead atoms. The molecule has 2 aliphatic heterocycles. The molecular weight excluding hydrogens is 376 g/mol. The van der Waals surface area contributed by atoms with Crippen LogP contribution in [0.3, 0.4) is 0 Å². The molecule has 2 saturated heterocycles. The lowest BCUT2D eigenvalue weighted by Crippen LogP contribution is -2.45. The van der Waals surface area contributed by atoms with E-state index in [2.05, 4.69) is 31.7 Å². The Bertz CT molecular complexity index is 814. The van der Waals surface area contributed by atoms with Crippen LogP contribution in [0.15, 0.2) is 30.3 Å². The van der Waals surface area contributed by atoms with E-state index in [4.69, 9.17) is 17.3 Å². The molecule has 28 heavy (non-hydrogen) atoms. The molecule has 0 atom stereocenters. The zero-order valence-electron chi connectivity index (χ0n) is 16.2. The maximum atomic E-state index is 11.1. The smallest absolute Gasteiger partial charge is 0.223 e. The number of hydrogen-bond acceptors (Lipinski definition) is 7. The van der Waals surface area contributed by atoms with E-state index in [1.807, 2.05) is 30.3 Å². The molecule has 150 valence electrons. The lowest BCUT2D eigenvalue weighted by Gasteiger charge is -2.39. The summed E-state index contributed by atoms with van der Waals surface area (Å²) in [5, 5.41) is 11.8. The highest BCUT2D eigenvalue weighted by Crippen LogP contribution is 2.35. The van der Waals surface area contributed by atoms with Gasteiger partial charge in [-0.2, -0.15) is 9.97 Å². The van der Waals surface area contributed by atoms with Crippen molar-refractivity contribution in [2.24, 2.45) is 0 Å². The van der Waals surface area contributed by atoms with E-state index < -0.39 is 5.60 Å². The Hall–Kier alpha value is -2.09. The summed E-state index contributed by atoms with van der Waals surface area (Å²) in [6.07, 6.45) is 1.25. The Morgan fingerprint density at radius 1 is 0.929 bits per heavy atom. The number of aromatic nitrogens is 2. The molecule has 3 heterocycles. The molecule has 8 heteroatoms. The van der Waals surface area contributed by atoms with E-state index in [0.29, 0.717) is 36.9 Å². The van der Waals surface area contributed by atoms with Gasteiger partial charge in [-0.25, -0.2) is 0 Å². The number of halogens is 1. The van der Waals surface area contributed by atoms with Crippen LogP contribution in [-0.4, -0.2) is 66.3 Å². The van der Waals surface area contributed by atoms with Gasteiger partial charge in [0.15, 0.2) is 0 Å². The predicted molar refractivity (Wildman–Crippen MR) is 113 cm³/mol. The number of piperazine rings is 1. The van der Waals surface area contributed by atoms with Crippen molar-refractivity contribution in [1.29, 1.82) is 0 Å². The number of nitrogens with two attached hydrogens (primary N) is 1. The fraction of sp³-hybridized carbons (Fsp3) is 0.500. The molecule has 7 nitrogen and oxygen atoms in total. The lowest BCUT2D eigenvalue weighted by atomic mass is 9.84. The third-order valence-electron chi connectivity index (χ3n) is 5.84. The van der Waals surface area contributed by atoms with E-state index in [9.17, 15) is 5.11 Å². The average molecular weight is 403 g/mol. The van der Waals surface area contributed by atoms with Crippen molar-refractivity contribution in [1.82, 2.24) is 14.9 Å². The zero-order chi connectivity index (χ0) is 19.7. The van der Waals surface area contributed by atoms with Gasteiger partial charge in [0.05, 0.1) is 5.60 Å². The zero-order valence-corrected chi connectivity index (χ0v) is 16.9. The highest BCUT2D eigenvalue weighted by Gasteiger charge is 2.34. The molecular formula is C20H27ClN6O. The van der Waals surface area contributed by atoms with Gasteiger partial charge in [0.1, 0.15) is 11.6 Å². The summed E-state index contributed by atoms with van der Waals surface area (Å²) in [5.41, 5.74) is 6.09. The Labute approximate surface area is 170 Å². The third kappa shape index (κ3) is 4.01. The number of hydrogen-bond donors (Lipinski definition) is 2. The van der Waals surface area contributed by atoms with Crippen LogP contribution in [0.2, 0.25) is 5.02 Å². The SMILES string of the molecule is CN1CCN(c2cc(N3CCC(O)(c4ccc(Cl)cc4)CC3)nc(N)n2)CC1. The monoisotopic (exact) mass is 402 g/mol. The average Bonchev–Trinajstić information content (AvgIpc) is 2.69. The van der Waals surface area contributed by atoms with Gasteiger partial charge in [0.25, 0.3) is 0 Å². The van der Waals surface area contributed by atoms with Crippen molar-refractivity contribution < 1.29 is 5.11 Å². The van der Waals surface area contributed by atoms with Gasteiger partial charge in [0, 0.05) is 50.4 Å². The Kier molecular flexibility index (Phi) is 5.31. The number of rotatable bonds is 3. The standard InChI is InChI=1S/C20H27ClN6O/c1-25-10-12-27(13-11-25)18-14-17(23-19(22)24-18)26-8-6-20(28,7-9-26)15-2-4-16(21)5-3-15/h2-5,14,28H,6-13H2,1H3,(H2,22,23,24). The second-order valence-corrected chi connectivity index (χ2v) is 8.19. The number of piperidine rings is 1. The normalized spacial score (nSPS) is 20.4. The van der Waals surface area contributed by atoms with Crippen LogP contribution in [0.4, 0.5) is 17.6 Å². The first-order valence-electron chi connectivity index (χ1n) is 9.74. The van der Waals surface area contributed by atoms with Gasteiger partial charge >= 0.3 is 0 Å². The van der Waals surface area contributed by atoms with Gasteiger partial charge in [-0.15, -0.1) is 0 Å². The Morgan fingerprint density at radius 3 is 2.04 bits per heavy atom. The Morgan fingerprint density at radius 2 is 1.46 bits per heavy atom. The topological polar surface area (TPSA) is 81.8 Å². The minimum absolute atomic E-state index is 0.296. The highest BCUT2D eigenvalue weighted by molar-refractivity contribution is 6.30. The molecule has 2 aliphatic rings. The lowest BCUT2D eigenvalue weighted by molar-refractivity contribution is 0.0117. The molecule has 0 unspecified atom stereocenters. The van der Waals surface area contributed by atoms with E-state index in [1.54, 1.807) is 0 Å². The summed E-state index contributed by atoms with van der Waals surface area (Å²) in [6.45, 7) is 5.30. The number of anilines is 3. The summed E-state index contributed by atoms with van der Waals surface area (Å²) in [4.78, 5) is 15.7. The highest BCUT2D eigenvalue weighted by atomic mass is 35.5. The second-order valence-electron chi connectivity index (χ2n) is 7.76.